The van der Waals surface area contributed by atoms with E-state index in [-0.39, 0.29) is 0 Å². The van der Waals surface area contributed by atoms with E-state index in [4.69, 9.17) is 18.9 Å². The maximum Gasteiger partial charge on any atom is 0.407 e. The molecule has 1 amide bonds. The summed E-state index contributed by atoms with van der Waals surface area (Å²) in [7, 11) is 1.65. The van der Waals surface area contributed by atoms with Crippen molar-refractivity contribution in [1.82, 2.24) is 5.32 Å². The number of alkyl carbamates (subject to hydrolysis) is 1. The minimum atomic E-state index is -0.495. The van der Waals surface area contributed by atoms with E-state index >= 15 is 0 Å². The van der Waals surface area contributed by atoms with Gasteiger partial charge in [0.25, 0.3) is 0 Å². The highest BCUT2D eigenvalue weighted by molar-refractivity contribution is 14.1. The van der Waals surface area contributed by atoms with Gasteiger partial charge in [0.2, 0.25) is 0 Å². The Kier molecular flexibility index (Phi) is 11.4. The van der Waals surface area contributed by atoms with E-state index in [2.05, 4.69) is 27.9 Å². The Morgan fingerprint density at radius 1 is 1.09 bits per heavy atom. The molecule has 0 aliphatic carbocycles. The van der Waals surface area contributed by atoms with Crippen molar-refractivity contribution in [2.75, 3.05) is 44.5 Å². The molecule has 0 fully saturated rings. The van der Waals surface area contributed by atoms with Crippen molar-refractivity contribution < 1.29 is 23.7 Å². The number of halogens is 1. The highest BCUT2D eigenvalue weighted by Crippen LogP contribution is 2.14. The maximum absolute atomic E-state index is 11.7. The van der Waals surface area contributed by atoms with Crippen molar-refractivity contribution in [2.45, 2.75) is 45.3 Å². The van der Waals surface area contributed by atoms with Crippen LogP contribution in [0.25, 0.3) is 0 Å². The molecule has 0 spiro atoms. The van der Waals surface area contributed by atoms with Gasteiger partial charge in [0.1, 0.15) is 5.60 Å². The summed E-state index contributed by atoms with van der Waals surface area (Å²) in [6, 6.07) is 0. The molecule has 0 rings (SSSR count). The molecule has 0 radical (unpaired) electrons. The number of methoxy groups -OCH3 is 1. The van der Waals surface area contributed by atoms with Gasteiger partial charge in [0, 0.05) is 24.8 Å². The quantitative estimate of drug-likeness (QED) is 0.310. The van der Waals surface area contributed by atoms with Gasteiger partial charge in [-0.05, 0) is 34.1 Å². The fourth-order valence-electron chi connectivity index (χ4n) is 1.43. The summed E-state index contributed by atoms with van der Waals surface area (Å²) in [5.74, 6) is 0. The first kappa shape index (κ1) is 21.9. The average Bonchev–Trinajstić information content (AvgIpc) is 2.42. The molecule has 0 aromatic carbocycles. The summed E-state index contributed by atoms with van der Waals surface area (Å²) in [5, 5.41) is 2.76. The lowest BCUT2D eigenvalue weighted by atomic mass is 10.1. The third-order valence-corrected chi connectivity index (χ3v) is 4.22. The zero-order valence-corrected chi connectivity index (χ0v) is 16.5. The molecule has 1 N–H and O–H groups in total. The molecule has 0 aromatic heterocycles. The van der Waals surface area contributed by atoms with Gasteiger partial charge < -0.3 is 24.3 Å². The largest absolute Gasteiger partial charge is 0.444 e. The van der Waals surface area contributed by atoms with Crippen LogP contribution in [0, 0.1) is 0 Å². The minimum Gasteiger partial charge on any atom is -0.444 e. The highest BCUT2D eigenvalue weighted by Gasteiger charge is 2.25. The van der Waals surface area contributed by atoms with E-state index in [0.29, 0.717) is 33.0 Å². The third-order valence-electron chi connectivity index (χ3n) is 2.60. The highest BCUT2D eigenvalue weighted by atomic mass is 127. The Labute approximate surface area is 147 Å². The Hall–Kier alpha value is -0.120. The molecule has 1 atom stereocenters. The van der Waals surface area contributed by atoms with E-state index in [1.165, 1.54) is 0 Å². The maximum atomic E-state index is 11.7. The predicted octanol–water partition coefficient (Wildman–Crippen LogP) is 2.77. The average molecular weight is 431 g/mol. The molecule has 22 heavy (non-hydrogen) atoms. The number of alkyl halides is 1. The zero-order valence-electron chi connectivity index (χ0n) is 14.4. The number of hydrogen-bond donors (Lipinski definition) is 1. The van der Waals surface area contributed by atoms with Crippen LogP contribution in [0.4, 0.5) is 4.79 Å². The number of carbonyl (C=O) groups is 1. The summed E-state index contributed by atoms with van der Waals surface area (Å²) in [4.78, 5) is 11.7. The van der Waals surface area contributed by atoms with Gasteiger partial charge >= 0.3 is 6.09 Å². The number of hydrogen-bond acceptors (Lipinski definition) is 5. The first-order valence-electron chi connectivity index (χ1n) is 7.46. The second kappa shape index (κ2) is 11.4. The fourth-order valence-corrected chi connectivity index (χ4v) is 1.92. The standard InChI is InChI=1S/C15H30INO5/c1-14(2,3)22-13(18)17-12-15(4,11-16)21-8-6-7-20-10-9-19-5/h6-12H2,1-5H3,(H,17,18). The van der Waals surface area contributed by atoms with Gasteiger partial charge in [-0.15, -0.1) is 0 Å². The molecule has 0 heterocycles. The summed E-state index contributed by atoms with van der Waals surface area (Å²) >= 11 is 2.26. The molecule has 0 bridgehead atoms. The molecule has 1 unspecified atom stereocenters. The van der Waals surface area contributed by atoms with Crippen LogP contribution >= 0.6 is 22.6 Å². The van der Waals surface area contributed by atoms with Crippen molar-refractivity contribution in [3.63, 3.8) is 0 Å². The Morgan fingerprint density at radius 3 is 2.32 bits per heavy atom. The van der Waals surface area contributed by atoms with Crippen LogP contribution in [0.3, 0.4) is 0 Å². The lowest BCUT2D eigenvalue weighted by molar-refractivity contribution is -0.0249. The van der Waals surface area contributed by atoms with Crippen molar-refractivity contribution >= 4 is 28.7 Å². The van der Waals surface area contributed by atoms with Gasteiger partial charge in [-0.1, -0.05) is 22.6 Å². The van der Waals surface area contributed by atoms with Crippen LogP contribution in [-0.4, -0.2) is 61.8 Å². The van der Waals surface area contributed by atoms with E-state index < -0.39 is 17.3 Å². The van der Waals surface area contributed by atoms with Crippen LogP contribution in [-0.2, 0) is 18.9 Å². The van der Waals surface area contributed by atoms with Crippen LogP contribution < -0.4 is 5.32 Å². The summed E-state index contributed by atoms with van der Waals surface area (Å²) in [6.07, 6.45) is 0.387. The minimum absolute atomic E-state index is 0.412. The lowest BCUT2D eigenvalue weighted by Gasteiger charge is -2.29. The molecule has 132 valence electrons. The van der Waals surface area contributed by atoms with Crippen molar-refractivity contribution in [3.8, 4) is 0 Å². The first-order chi connectivity index (χ1) is 10.2. The second-order valence-electron chi connectivity index (χ2n) is 6.25. The molecule has 0 aliphatic heterocycles. The topological polar surface area (TPSA) is 66.0 Å². The lowest BCUT2D eigenvalue weighted by Crippen LogP contribution is -2.45. The van der Waals surface area contributed by atoms with Gasteiger partial charge in [-0.25, -0.2) is 4.79 Å². The summed E-state index contributed by atoms with van der Waals surface area (Å²) in [5.41, 5.74) is -0.908. The van der Waals surface area contributed by atoms with Gasteiger partial charge in [-0.3, -0.25) is 0 Å². The van der Waals surface area contributed by atoms with E-state index in [1.54, 1.807) is 7.11 Å². The van der Waals surface area contributed by atoms with Crippen molar-refractivity contribution in [2.24, 2.45) is 0 Å². The first-order valence-corrected chi connectivity index (χ1v) is 8.98. The Morgan fingerprint density at radius 2 is 1.77 bits per heavy atom. The molecular formula is C15H30INO5. The molecule has 7 heteroatoms. The van der Waals surface area contributed by atoms with Crippen LogP contribution in [0.5, 0.6) is 0 Å². The smallest absolute Gasteiger partial charge is 0.407 e. The van der Waals surface area contributed by atoms with E-state index in [9.17, 15) is 4.79 Å². The number of carbonyl (C=O) groups excluding carboxylic acids is 1. The molecular weight excluding hydrogens is 401 g/mol. The monoisotopic (exact) mass is 431 g/mol. The Bertz CT molecular complexity index is 309. The van der Waals surface area contributed by atoms with Gasteiger partial charge in [0.15, 0.2) is 0 Å². The fraction of sp³-hybridized carbons (Fsp3) is 0.933. The normalized spacial score (nSPS) is 14.5. The van der Waals surface area contributed by atoms with Crippen molar-refractivity contribution in [3.05, 3.63) is 0 Å². The van der Waals surface area contributed by atoms with Crippen LogP contribution in [0.1, 0.15) is 34.1 Å². The van der Waals surface area contributed by atoms with Gasteiger partial charge in [0.05, 0.1) is 25.4 Å². The molecule has 0 aromatic rings. The summed E-state index contributed by atoms with van der Waals surface area (Å²) < 4.78 is 22.1. The van der Waals surface area contributed by atoms with Crippen LogP contribution in [0.2, 0.25) is 0 Å². The third kappa shape index (κ3) is 12.4. The second-order valence-corrected chi connectivity index (χ2v) is 7.01. The van der Waals surface area contributed by atoms with E-state index in [0.717, 1.165) is 10.8 Å². The zero-order chi connectivity index (χ0) is 17.1. The van der Waals surface area contributed by atoms with E-state index in [1.807, 2.05) is 27.7 Å². The Balaban J connectivity index is 3.91. The molecule has 0 saturated carbocycles. The molecule has 0 saturated heterocycles. The predicted molar refractivity (Wildman–Crippen MR) is 94.8 cm³/mol. The molecule has 6 nitrogen and oxygen atoms in total. The molecule has 0 aliphatic rings. The number of rotatable bonds is 11. The van der Waals surface area contributed by atoms with Crippen molar-refractivity contribution in [1.29, 1.82) is 0 Å². The number of amides is 1. The number of nitrogens with one attached hydrogen (secondary N) is 1. The number of ether oxygens (including phenoxy) is 4. The van der Waals surface area contributed by atoms with Crippen LogP contribution in [0.15, 0.2) is 0 Å². The van der Waals surface area contributed by atoms with Gasteiger partial charge in [-0.2, -0.15) is 0 Å². The SMILES string of the molecule is COCCOCCCOC(C)(CI)CNC(=O)OC(C)(C)C. The summed E-state index contributed by atoms with van der Waals surface area (Å²) in [6.45, 7) is 10.3.